The van der Waals surface area contributed by atoms with Crippen molar-refractivity contribution in [1.82, 2.24) is 0 Å². The third-order valence-corrected chi connectivity index (χ3v) is 3.60. The first-order valence-corrected chi connectivity index (χ1v) is 7.06. The molecule has 0 saturated heterocycles. The Bertz CT molecular complexity index is 739. The summed E-state index contributed by atoms with van der Waals surface area (Å²) in [4.78, 5) is 27.3. The van der Waals surface area contributed by atoms with Gasteiger partial charge < -0.3 is 4.74 Å². The Labute approximate surface area is 128 Å². The standard InChI is InChI=1S/C18H15NO3/c1-12(20)14-7-9-16(18-15(14)8-10-17(21)19-18)22-11-13-5-3-2-4-6-13/h2-10,15H,11H2,1H3. The van der Waals surface area contributed by atoms with Gasteiger partial charge in [0.2, 0.25) is 0 Å². The van der Waals surface area contributed by atoms with Crippen LogP contribution in [-0.2, 0) is 20.9 Å². The molecule has 1 heterocycles. The molecule has 0 fully saturated rings. The van der Waals surface area contributed by atoms with Crippen molar-refractivity contribution >= 4 is 17.4 Å². The highest BCUT2D eigenvalue weighted by Gasteiger charge is 2.30. The molecule has 1 aliphatic carbocycles. The molecule has 1 atom stereocenters. The third kappa shape index (κ3) is 2.81. The van der Waals surface area contributed by atoms with E-state index in [0.717, 1.165) is 5.56 Å². The number of hydrogen-bond acceptors (Lipinski definition) is 3. The zero-order valence-electron chi connectivity index (χ0n) is 12.2. The summed E-state index contributed by atoms with van der Waals surface area (Å²) in [5, 5.41) is 0. The van der Waals surface area contributed by atoms with Gasteiger partial charge >= 0.3 is 0 Å². The van der Waals surface area contributed by atoms with Crippen LogP contribution in [0.2, 0.25) is 0 Å². The lowest BCUT2D eigenvalue weighted by Gasteiger charge is -2.25. The van der Waals surface area contributed by atoms with Crippen LogP contribution in [0.1, 0.15) is 12.5 Å². The van der Waals surface area contributed by atoms with Gasteiger partial charge in [0.1, 0.15) is 12.4 Å². The second-order valence-corrected chi connectivity index (χ2v) is 5.16. The van der Waals surface area contributed by atoms with Gasteiger partial charge in [0.15, 0.2) is 5.78 Å². The number of fused-ring (bicyclic) bond motifs is 1. The van der Waals surface area contributed by atoms with Crippen molar-refractivity contribution in [3.63, 3.8) is 0 Å². The van der Waals surface area contributed by atoms with Gasteiger partial charge in [-0.1, -0.05) is 42.5 Å². The van der Waals surface area contributed by atoms with E-state index in [9.17, 15) is 9.59 Å². The van der Waals surface area contributed by atoms with Crippen molar-refractivity contribution in [1.29, 1.82) is 0 Å². The fourth-order valence-electron chi connectivity index (χ4n) is 2.50. The molecule has 4 heteroatoms. The van der Waals surface area contributed by atoms with E-state index >= 15 is 0 Å². The molecule has 1 unspecified atom stereocenters. The molecule has 110 valence electrons. The van der Waals surface area contributed by atoms with Gasteiger partial charge in [-0.05, 0) is 18.6 Å². The van der Waals surface area contributed by atoms with E-state index in [1.807, 2.05) is 30.3 Å². The zero-order valence-corrected chi connectivity index (χ0v) is 12.2. The Kier molecular flexibility index (Phi) is 3.83. The van der Waals surface area contributed by atoms with E-state index in [0.29, 0.717) is 23.7 Å². The number of carbonyl (C=O) groups excluding carboxylic acids is 2. The maximum atomic E-state index is 11.7. The van der Waals surface area contributed by atoms with E-state index in [2.05, 4.69) is 4.99 Å². The number of aliphatic imine (C=N–C) groups is 1. The molecule has 22 heavy (non-hydrogen) atoms. The second kappa shape index (κ2) is 5.93. The number of benzene rings is 1. The molecule has 0 radical (unpaired) electrons. The van der Waals surface area contributed by atoms with Gasteiger partial charge in [0.05, 0.1) is 11.6 Å². The number of ketones is 1. The number of Topliss-reactive ketones (excluding diaryl/α,β-unsaturated/α-hetero) is 1. The van der Waals surface area contributed by atoms with Crippen molar-refractivity contribution in [2.75, 3.05) is 0 Å². The third-order valence-electron chi connectivity index (χ3n) is 3.60. The molecule has 1 amide bonds. The molecule has 1 aromatic rings. The SMILES string of the molecule is CC(=O)C1=CC=C(OCc2ccccc2)C2=NC(=O)C=CC12. The second-order valence-electron chi connectivity index (χ2n) is 5.16. The Morgan fingerprint density at radius 1 is 1.23 bits per heavy atom. The summed E-state index contributed by atoms with van der Waals surface area (Å²) in [7, 11) is 0. The molecule has 2 aliphatic rings. The highest BCUT2D eigenvalue weighted by molar-refractivity contribution is 6.17. The fraction of sp³-hybridized carbons (Fsp3) is 0.167. The first-order chi connectivity index (χ1) is 10.6. The monoisotopic (exact) mass is 293 g/mol. The summed E-state index contributed by atoms with van der Waals surface area (Å²) in [6.45, 7) is 1.90. The smallest absolute Gasteiger partial charge is 0.269 e. The van der Waals surface area contributed by atoms with E-state index in [4.69, 9.17) is 4.74 Å². The summed E-state index contributed by atoms with van der Waals surface area (Å²) in [6, 6.07) is 9.75. The predicted octanol–water partition coefficient (Wildman–Crippen LogP) is 2.77. The van der Waals surface area contributed by atoms with Gasteiger partial charge in [-0.25, -0.2) is 4.99 Å². The number of allylic oxidation sites excluding steroid dienone is 5. The van der Waals surface area contributed by atoms with E-state index < -0.39 is 0 Å². The average Bonchev–Trinajstić information content (AvgIpc) is 2.53. The molecular weight excluding hydrogens is 278 g/mol. The summed E-state index contributed by atoms with van der Waals surface area (Å²) >= 11 is 0. The van der Waals surface area contributed by atoms with Crippen LogP contribution in [0.4, 0.5) is 0 Å². The van der Waals surface area contributed by atoms with Gasteiger partial charge in [-0.15, -0.1) is 0 Å². The molecule has 4 nitrogen and oxygen atoms in total. The van der Waals surface area contributed by atoms with Crippen molar-refractivity contribution in [2.24, 2.45) is 10.9 Å². The van der Waals surface area contributed by atoms with Crippen molar-refractivity contribution in [3.8, 4) is 0 Å². The van der Waals surface area contributed by atoms with Crippen LogP contribution in [0.5, 0.6) is 0 Å². The minimum atomic E-state index is -0.328. The quantitative estimate of drug-likeness (QED) is 0.857. The lowest BCUT2D eigenvalue weighted by molar-refractivity contribution is -0.115. The first-order valence-electron chi connectivity index (χ1n) is 7.06. The number of amides is 1. The van der Waals surface area contributed by atoms with Gasteiger partial charge in [-0.3, -0.25) is 9.59 Å². The highest BCUT2D eigenvalue weighted by Crippen LogP contribution is 2.28. The van der Waals surface area contributed by atoms with Crippen LogP contribution in [0, 0.1) is 5.92 Å². The molecule has 0 bridgehead atoms. The van der Waals surface area contributed by atoms with Gasteiger partial charge in [0.25, 0.3) is 5.91 Å². The molecule has 0 spiro atoms. The first kappa shape index (κ1) is 14.2. The predicted molar refractivity (Wildman–Crippen MR) is 83.2 cm³/mol. The molecule has 0 saturated carbocycles. The van der Waals surface area contributed by atoms with Crippen LogP contribution in [0.15, 0.2) is 71.0 Å². The van der Waals surface area contributed by atoms with Crippen LogP contribution in [0.3, 0.4) is 0 Å². The summed E-state index contributed by atoms with van der Waals surface area (Å²) in [6.07, 6.45) is 6.55. The maximum absolute atomic E-state index is 11.7. The number of carbonyl (C=O) groups is 2. The number of rotatable bonds is 4. The van der Waals surface area contributed by atoms with Crippen molar-refractivity contribution < 1.29 is 14.3 Å². The van der Waals surface area contributed by atoms with Gasteiger partial charge in [0, 0.05) is 11.6 Å². The summed E-state index contributed by atoms with van der Waals surface area (Å²) in [5.74, 6) is -0.122. The summed E-state index contributed by atoms with van der Waals surface area (Å²) in [5.41, 5.74) is 2.16. The largest absolute Gasteiger partial charge is 0.487 e. The zero-order chi connectivity index (χ0) is 15.5. The summed E-state index contributed by atoms with van der Waals surface area (Å²) < 4.78 is 5.80. The van der Waals surface area contributed by atoms with Crippen molar-refractivity contribution in [2.45, 2.75) is 13.5 Å². The van der Waals surface area contributed by atoms with Crippen molar-refractivity contribution in [3.05, 3.63) is 71.5 Å². The molecule has 1 aliphatic heterocycles. The average molecular weight is 293 g/mol. The topological polar surface area (TPSA) is 55.7 Å². The molecule has 1 aromatic carbocycles. The Hall–Kier alpha value is -2.75. The number of nitrogens with zero attached hydrogens (tertiary/aromatic N) is 1. The Morgan fingerprint density at radius 3 is 2.73 bits per heavy atom. The minimum Gasteiger partial charge on any atom is -0.487 e. The lowest BCUT2D eigenvalue weighted by Crippen LogP contribution is -2.28. The highest BCUT2D eigenvalue weighted by atomic mass is 16.5. The van der Waals surface area contributed by atoms with E-state index in [-0.39, 0.29) is 17.6 Å². The van der Waals surface area contributed by atoms with E-state index in [1.54, 1.807) is 18.2 Å². The Balaban J connectivity index is 1.86. The van der Waals surface area contributed by atoms with Crippen LogP contribution >= 0.6 is 0 Å². The number of hydrogen-bond donors (Lipinski definition) is 0. The molecule has 3 rings (SSSR count). The lowest BCUT2D eigenvalue weighted by atomic mass is 9.85. The number of dihydropyridines is 1. The maximum Gasteiger partial charge on any atom is 0.269 e. The van der Waals surface area contributed by atoms with Gasteiger partial charge in [-0.2, -0.15) is 0 Å². The van der Waals surface area contributed by atoms with Crippen LogP contribution in [0.25, 0.3) is 0 Å². The van der Waals surface area contributed by atoms with Crippen LogP contribution in [-0.4, -0.2) is 17.4 Å². The Morgan fingerprint density at radius 2 is 2.00 bits per heavy atom. The number of ether oxygens (including phenoxy) is 1. The van der Waals surface area contributed by atoms with Crippen LogP contribution < -0.4 is 0 Å². The van der Waals surface area contributed by atoms with E-state index in [1.165, 1.54) is 13.0 Å². The normalized spacial score (nSPS) is 19.8. The molecule has 0 aromatic heterocycles. The minimum absolute atomic E-state index is 0.0324. The molecule has 0 N–H and O–H groups in total. The molecular formula is C18H15NO3. The fourth-order valence-corrected chi connectivity index (χ4v) is 2.50.